The van der Waals surface area contributed by atoms with E-state index in [4.69, 9.17) is 39.0 Å². The van der Waals surface area contributed by atoms with Crippen molar-refractivity contribution in [1.29, 1.82) is 0 Å². The molecular weight excluding hydrogens is 429 g/mol. The normalized spacial score (nSPS) is 11.7. The van der Waals surface area contributed by atoms with Gasteiger partial charge in [-0.1, -0.05) is 53.0 Å². The van der Waals surface area contributed by atoms with Crippen LogP contribution in [-0.4, -0.2) is 14.6 Å². The third-order valence-electron chi connectivity index (χ3n) is 3.43. The minimum atomic E-state index is -4.10. The lowest BCUT2D eigenvalue weighted by Gasteiger charge is -2.11. The number of aliphatic imine (C=N–C) groups is 1. The first-order chi connectivity index (χ1) is 12.8. The minimum Gasteiger partial charge on any atom is -0.376 e. The molecule has 3 rings (SSSR count). The van der Waals surface area contributed by atoms with E-state index in [9.17, 15) is 8.42 Å². The van der Waals surface area contributed by atoms with Crippen LogP contribution in [0, 0.1) is 0 Å². The molecule has 0 heterocycles. The fourth-order valence-electron chi connectivity index (χ4n) is 2.16. The molecule has 0 N–H and O–H groups in total. The first-order valence-electron chi connectivity index (χ1n) is 7.63. The monoisotopic (exact) mass is 439 g/mol. The molecule has 0 aliphatic rings. The van der Waals surface area contributed by atoms with Crippen LogP contribution in [0.1, 0.15) is 5.56 Å². The van der Waals surface area contributed by atoms with Crippen molar-refractivity contribution < 1.29 is 12.6 Å². The highest BCUT2D eigenvalue weighted by Crippen LogP contribution is 2.36. The van der Waals surface area contributed by atoms with Gasteiger partial charge in [-0.2, -0.15) is 8.42 Å². The van der Waals surface area contributed by atoms with Crippen molar-refractivity contribution in [3.63, 3.8) is 0 Å². The molecule has 0 radical (unpaired) electrons. The molecule has 0 amide bonds. The third kappa shape index (κ3) is 5.02. The predicted molar refractivity (Wildman–Crippen MR) is 109 cm³/mol. The second-order valence-corrected chi connectivity index (χ2v) is 8.20. The summed E-state index contributed by atoms with van der Waals surface area (Å²) in [4.78, 5) is 4.24. The zero-order valence-corrected chi connectivity index (χ0v) is 16.7. The number of benzene rings is 3. The van der Waals surface area contributed by atoms with Crippen LogP contribution >= 0.6 is 34.8 Å². The summed E-state index contributed by atoms with van der Waals surface area (Å²) >= 11 is 18.1. The molecule has 27 heavy (non-hydrogen) atoms. The minimum absolute atomic E-state index is 0.0505. The fraction of sp³-hybridized carbons (Fsp3) is 0. The van der Waals surface area contributed by atoms with Crippen molar-refractivity contribution in [2.45, 2.75) is 4.90 Å². The molecule has 3 aromatic rings. The Morgan fingerprint density at radius 2 is 1.44 bits per heavy atom. The molecule has 138 valence electrons. The Balaban J connectivity index is 1.87. The average Bonchev–Trinajstić information content (AvgIpc) is 2.64. The average molecular weight is 441 g/mol. The van der Waals surface area contributed by atoms with Crippen LogP contribution in [0.15, 0.2) is 76.6 Å². The molecule has 3 aromatic carbocycles. The molecule has 0 aromatic heterocycles. The standard InChI is InChI=1S/C19H12Cl3NO3S/c20-14-6-8-16(9-7-14)27(24,25)26-19-17(21)10-13(11-18(19)22)12-23-15-4-2-1-3-5-15/h1-12H. The van der Waals surface area contributed by atoms with E-state index in [1.807, 2.05) is 30.3 Å². The Morgan fingerprint density at radius 3 is 2.04 bits per heavy atom. The molecule has 4 nitrogen and oxygen atoms in total. The summed E-state index contributed by atoms with van der Waals surface area (Å²) < 4.78 is 29.9. The van der Waals surface area contributed by atoms with Gasteiger partial charge in [0.25, 0.3) is 0 Å². The second kappa shape index (κ2) is 8.31. The molecule has 0 atom stereocenters. The summed E-state index contributed by atoms with van der Waals surface area (Å²) in [6.07, 6.45) is 1.57. The van der Waals surface area contributed by atoms with Crippen LogP contribution in [-0.2, 0) is 10.1 Å². The van der Waals surface area contributed by atoms with Crippen LogP contribution in [0.3, 0.4) is 0 Å². The highest BCUT2D eigenvalue weighted by Gasteiger charge is 2.21. The van der Waals surface area contributed by atoms with E-state index in [1.54, 1.807) is 6.21 Å². The summed E-state index contributed by atoms with van der Waals surface area (Å²) in [7, 11) is -4.10. The summed E-state index contributed by atoms with van der Waals surface area (Å²) in [6, 6.07) is 17.9. The van der Waals surface area contributed by atoms with Gasteiger partial charge in [0.2, 0.25) is 0 Å². The lowest BCUT2D eigenvalue weighted by molar-refractivity contribution is 0.486. The van der Waals surface area contributed by atoms with Crippen molar-refractivity contribution >= 4 is 56.8 Å². The molecule has 0 aliphatic heterocycles. The molecule has 8 heteroatoms. The van der Waals surface area contributed by atoms with Crippen LogP contribution in [0.2, 0.25) is 15.1 Å². The summed E-state index contributed by atoms with van der Waals surface area (Å²) in [6.45, 7) is 0. The fourth-order valence-corrected chi connectivity index (χ4v) is 3.92. The van der Waals surface area contributed by atoms with Gasteiger partial charge in [-0.15, -0.1) is 0 Å². The molecule has 0 fully saturated rings. The summed E-state index contributed by atoms with van der Waals surface area (Å²) in [5.41, 5.74) is 1.36. The Kier molecular flexibility index (Phi) is 6.07. The van der Waals surface area contributed by atoms with E-state index in [2.05, 4.69) is 4.99 Å². The molecule has 0 spiro atoms. The van der Waals surface area contributed by atoms with E-state index < -0.39 is 10.1 Å². The van der Waals surface area contributed by atoms with Gasteiger partial charge in [0, 0.05) is 11.2 Å². The van der Waals surface area contributed by atoms with Crippen LogP contribution in [0.25, 0.3) is 0 Å². The van der Waals surface area contributed by atoms with E-state index >= 15 is 0 Å². The molecule has 0 saturated carbocycles. The summed E-state index contributed by atoms with van der Waals surface area (Å²) in [5.74, 6) is -0.148. The quantitative estimate of drug-likeness (QED) is 0.352. The van der Waals surface area contributed by atoms with Gasteiger partial charge in [-0.3, -0.25) is 4.99 Å². The van der Waals surface area contributed by atoms with E-state index in [0.717, 1.165) is 5.69 Å². The van der Waals surface area contributed by atoms with E-state index in [0.29, 0.717) is 10.6 Å². The van der Waals surface area contributed by atoms with E-state index in [1.165, 1.54) is 36.4 Å². The van der Waals surface area contributed by atoms with Crippen molar-refractivity contribution in [3.05, 3.63) is 87.4 Å². The Morgan fingerprint density at radius 1 is 0.852 bits per heavy atom. The van der Waals surface area contributed by atoms with E-state index in [-0.39, 0.29) is 20.7 Å². The molecular formula is C19H12Cl3NO3S. The van der Waals surface area contributed by atoms with Crippen LogP contribution < -0.4 is 4.18 Å². The smallest absolute Gasteiger partial charge is 0.339 e. The van der Waals surface area contributed by atoms with Crippen molar-refractivity contribution in [1.82, 2.24) is 0 Å². The van der Waals surface area contributed by atoms with Crippen molar-refractivity contribution in [2.24, 2.45) is 4.99 Å². The Labute approximate surface area is 172 Å². The van der Waals surface area contributed by atoms with Gasteiger partial charge in [-0.05, 0) is 54.1 Å². The van der Waals surface area contributed by atoms with Gasteiger partial charge in [0.15, 0.2) is 5.75 Å². The molecule has 0 saturated heterocycles. The largest absolute Gasteiger partial charge is 0.376 e. The molecule has 0 bridgehead atoms. The highest BCUT2D eigenvalue weighted by molar-refractivity contribution is 7.87. The van der Waals surface area contributed by atoms with Crippen molar-refractivity contribution in [3.8, 4) is 5.75 Å². The predicted octanol–water partition coefficient (Wildman–Crippen LogP) is 6.17. The Hall–Kier alpha value is -2.05. The lowest BCUT2D eigenvalue weighted by Crippen LogP contribution is -2.10. The zero-order chi connectivity index (χ0) is 19.4. The maximum Gasteiger partial charge on any atom is 0.339 e. The van der Waals surface area contributed by atoms with Crippen molar-refractivity contribution in [2.75, 3.05) is 0 Å². The van der Waals surface area contributed by atoms with Gasteiger partial charge >= 0.3 is 10.1 Å². The highest BCUT2D eigenvalue weighted by atomic mass is 35.5. The maximum absolute atomic E-state index is 12.4. The Bertz CT molecular complexity index is 1060. The van der Waals surface area contributed by atoms with Crippen LogP contribution in [0.5, 0.6) is 5.75 Å². The zero-order valence-electron chi connectivity index (χ0n) is 13.6. The first kappa shape index (κ1) is 19.7. The number of hydrogen-bond acceptors (Lipinski definition) is 4. The van der Waals surface area contributed by atoms with Gasteiger partial charge in [-0.25, -0.2) is 0 Å². The van der Waals surface area contributed by atoms with Gasteiger partial charge < -0.3 is 4.18 Å². The number of hydrogen-bond donors (Lipinski definition) is 0. The number of rotatable bonds is 5. The van der Waals surface area contributed by atoms with Gasteiger partial charge in [0.05, 0.1) is 15.7 Å². The topological polar surface area (TPSA) is 55.7 Å². The summed E-state index contributed by atoms with van der Waals surface area (Å²) in [5, 5.41) is 0.510. The number of nitrogens with zero attached hydrogens (tertiary/aromatic N) is 1. The lowest BCUT2D eigenvalue weighted by atomic mass is 10.2. The second-order valence-electron chi connectivity index (χ2n) is 5.40. The molecule has 0 aliphatic carbocycles. The first-order valence-corrected chi connectivity index (χ1v) is 10.2. The van der Waals surface area contributed by atoms with Gasteiger partial charge in [0.1, 0.15) is 4.90 Å². The molecule has 0 unspecified atom stereocenters. The van der Waals surface area contributed by atoms with Crippen LogP contribution in [0.4, 0.5) is 5.69 Å². The number of halogens is 3. The third-order valence-corrected chi connectivity index (χ3v) is 5.48. The SMILES string of the molecule is O=S(=O)(Oc1c(Cl)cc(C=Nc2ccccc2)cc1Cl)c1ccc(Cl)cc1. The number of para-hydroxylation sites is 1. The maximum atomic E-state index is 12.4.